The third kappa shape index (κ3) is 9.86. The summed E-state index contributed by atoms with van der Waals surface area (Å²) in [6.45, 7) is 5.60. The lowest BCUT2D eigenvalue weighted by Crippen LogP contribution is -2.25. The SMILES string of the molecule is CCCC(CCCl)CNCCCS(=O)(=O)CC. The Morgan fingerprint density at radius 2 is 1.94 bits per heavy atom. The van der Waals surface area contributed by atoms with Crippen molar-refractivity contribution in [2.24, 2.45) is 5.92 Å². The van der Waals surface area contributed by atoms with Gasteiger partial charge in [-0.15, -0.1) is 11.6 Å². The van der Waals surface area contributed by atoms with Gasteiger partial charge in [-0.3, -0.25) is 0 Å². The second-order valence-corrected chi connectivity index (χ2v) is 7.28. The van der Waals surface area contributed by atoms with Crippen LogP contribution in [0.2, 0.25) is 0 Å². The van der Waals surface area contributed by atoms with Crippen molar-refractivity contribution in [3.05, 3.63) is 0 Å². The van der Waals surface area contributed by atoms with Gasteiger partial charge in [0.1, 0.15) is 9.84 Å². The molecule has 0 rings (SSSR count). The maximum atomic E-state index is 11.3. The van der Waals surface area contributed by atoms with Crippen LogP contribution in [0.1, 0.15) is 39.5 Å². The molecule has 0 fully saturated rings. The van der Waals surface area contributed by atoms with E-state index in [1.165, 1.54) is 12.8 Å². The summed E-state index contributed by atoms with van der Waals surface area (Å²) in [5, 5.41) is 3.33. The average molecular weight is 284 g/mol. The Balaban J connectivity index is 3.61. The van der Waals surface area contributed by atoms with E-state index in [1.54, 1.807) is 6.92 Å². The van der Waals surface area contributed by atoms with Crippen molar-refractivity contribution >= 4 is 21.4 Å². The molecule has 0 aromatic carbocycles. The van der Waals surface area contributed by atoms with Gasteiger partial charge in [-0.05, 0) is 38.3 Å². The lowest BCUT2D eigenvalue weighted by atomic mass is 10.0. The van der Waals surface area contributed by atoms with E-state index in [0.29, 0.717) is 24.0 Å². The van der Waals surface area contributed by atoms with Gasteiger partial charge in [-0.25, -0.2) is 8.42 Å². The van der Waals surface area contributed by atoms with Crippen molar-refractivity contribution in [2.75, 3.05) is 30.5 Å². The predicted molar refractivity (Wildman–Crippen MR) is 75.5 cm³/mol. The summed E-state index contributed by atoms with van der Waals surface area (Å²) in [6.07, 6.45) is 4.10. The highest BCUT2D eigenvalue weighted by Gasteiger charge is 2.08. The second-order valence-electron chi connectivity index (χ2n) is 4.43. The second kappa shape index (κ2) is 10.2. The van der Waals surface area contributed by atoms with Crippen molar-refractivity contribution in [2.45, 2.75) is 39.5 Å². The van der Waals surface area contributed by atoms with E-state index in [2.05, 4.69) is 12.2 Å². The summed E-state index contributed by atoms with van der Waals surface area (Å²) < 4.78 is 22.5. The van der Waals surface area contributed by atoms with Crippen LogP contribution in [-0.2, 0) is 9.84 Å². The molecule has 0 aromatic rings. The lowest BCUT2D eigenvalue weighted by Gasteiger charge is -2.15. The van der Waals surface area contributed by atoms with Crippen LogP contribution in [0.3, 0.4) is 0 Å². The van der Waals surface area contributed by atoms with Gasteiger partial charge in [-0.2, -0.15) is 0 Å². The third-order valence-electron chi connectivity index (χ3n) is 2.90. The van der Waals surface area contributed by atoms with E-state index in [0.717, 1.165) is 19.5 Å². The molecule has 5 heteroatoms. The molecule has 0 bridgehead atoms. The average Bonchev–Trinajstić information content (AvgIpc) is 2.29. The van der Waals surface area contributed by atoms with E-state index in [-0.39, 0.29) is 5.75 Å². The molecule has 0 saturated carbocycles. The fraction of sp³-hybridized carbons (Fsp3) is 1.00. The molecule has 0 spiro atoms. The van der Waals surface area contributed by atoms with Gasteiger partial charge >= 0.3 is 0 Å². The number of nitrogens with one attached hydrogen (secondary N) is 1. The van der Waals surface area contributed by atoms with Crippen LogP contribution in [0.15, 0.2) is 0 Å². The molecule has 104 valence electrons. The molecule has 3 nitrogen and oxygen atoms in total. The summed E-state index contributed by atoms with van der Waals surface area (Å²) in [5.74, 6) is 1.87. The standard InChI is InChI=1S/C12H26ClNO2S/c1-3-6-12(7-8-13)11-14-9-5-10-17(15,16)4-2/h12,14H,3-11H2,1-2H3. The number of hydrogen-bond acceptors (Lipinski definition) is 3. The van der Waals surface area contributed by atoms with Crippen LogP contribution in [0.5, 0.6) is 0 Å². The fourth-order valence-corrected chi connectivity index (χ4v) is 2.96. The van der Waals surface area contributed by atoms with Gasteiger partial charge in [0.05, 0.1) is 5.75 Å². The van der Waals surface area contributed by atoms with Crippen LogP contribution in [-0.4, -0.2) is 38.9 Å². The number of halogens is 1. The molecule has 0 radical (unpaired) electrons. The lowest BCUT2D eigenvalue weighted by molar-refractivity contribution is 0.431. The van der Waals surface area contributed by atoms with Crippen molar-refractivity contribution in [1.82, 2.24) is 5.32 Å². The first-order valence-electron chi connectivity index (χ1n) is 6.52. The number of alkyl halides is 1. The Bertz CT molecular complexity index is 262. The molecular weight excluding hydrogens is 258 g/mol. The largest absolute Gasteiger partial charge is 0.316 e. The maximum Gasteiger partial charge on any atom is 0.150 e. The minimum Gasteiger partial charge on any atom is -0.316 e. The van der Waals surface area contributed by atoms with Crippen LogP contribution in [0.4, 0.5) is 0 Å². The van der Waals surface area contributed by atoms with Crippen molar-refractivity contribution in [1.29, 1.82) is 0 Å². The molecule has 1 atom stereocenters. The molecule has 0 amide bonds. The molecule has 1 unspecified atom stereocenters. The van der Waals surface area contributed by atoms with Gasteiger partial charge in [0.2, 0.25) is 0 Å². The summed E-state index contributed by atoms with van der Waals surface area (Å²) in [6, 6.07) is 0. The smallest absolute Gasteiger partial charge is 0.150 e. The van der Waals surface area contributed by atoms with Crippen LogP contribution < -0.4 is 5.32 Å². The Morgan fingerprint density at radius 1 is 1.24 bits per heavy atom. The van der Waals surface area contributed by atoms with Gasteiger partial charge in [-0.1, -0.05) is 20.3 Å². The first kappa shape index (κ1) is 17.2. The summed E-state index contributed by atoms with van der Waals surface area (Å²) in [5.41, 5.74) is 0. The van der Waals surface area contributed by atoms with Crippen LogP contribution in [0.25, 0.3) is 0 Å². The highest BCUT2D eigenvalue weighted by atomic mass is 35.5. The van der Waals surface area contributed by atoms with E-state index in [1.807, 2.05) is 0 Å². The van der Waals surface area contributed by atoms with Crippen LogP contribution >= 0.6 is 11.6 Å². The van der Waals surface area contributed by atoms with Gasteiger partial charge in [0, 0.05) is 11.6 Å². The number of rotatable bonds is 11. The van der Waals surface area contributed by atoms with E-state index in [9.17, 15) is 8.42 Å². The summed E-state index contributed by atoms with van der Waals surface area (Å²) in [7, 11) is -2.80. The highest BCUT2D eigenvalue weighted by Crippen LogP contribution is 2.10. The van der Waals surface area contributed by atoms with E-state index >= 15 is 0 Å². The minimum atomic E-state index is -2.80. The molecule has 0 saturated heterocycles. The minimum absolute atomic E-state index is 0.248. The molecule has 0 aliphatic rings. The summed E-state index contributed by atoms with van der Waals surface area (Å²) >= 11 is 5.74. The first-order valence-corrected chi connectivity index (χ1v) is 8.88. The molecule has 0 heterocycles. The zero-order valence-electron chi connectivity index (χ0n) is 11.0. The van der Waals surface area contributed by atoms with E-state index in [4.69, 9.17) is 11.6 Å². The molecule has 0 aliphatic heterocycles. The zero-order chi connectivity index (χ0) is 13.1. The van der Waals surface area contributed by atoms with Gasteiger partial charge in [0.15, 0.2) is 0 Å². The monoisotopic (exact) mass is 283 g/mol. The molecule has 0 aliphatic carbocycles. The number of hydrogen-bond donors (Lipinski definition) is 1. The third-order valence-corrected chi connectivity index (χ3v) is 4.90. The quantitative estimate of drug-likeness (QED) is 0.468. The molecular formula is C12H26ClNO2S. The summed E-state index contributed by atoms with van der Waals surface area (Å²) in [4.78, 5) is 0. The zero-order valence-corrected chi connectivity index (χ0v) is 12.6. The van der Waals surface area contributed by atoms with Crippen LogP contribution in [0, 0.1) is 5.92 Å². The topological polar surface area (TPSA) is 46.2 Å². The van der Waals surface area contributed by atoms with Crippen molar-refractivity contribution in [3.8, 4) is 0 Å². The molecule has 1 N–H and O–H groups in total. The van der Waals surface area contributed by atoms with Crippen molar-refractivity contribution < 1.29 is 8.42 Å². The number of sulfone groups is 1. The Morgan fingerprint density at radius 3 is 2.47 bits per heavy atom. The first-order chi connectivity index (χ1) is 8.05. The normalized spacial score (nSPS) is 13.8. The van der Waals surface area contributed by atoms with Gasteiger partial charge in [0.25, 0.3) is 0 Å². The maximum absolute atomic E-state index is 11.3. The van der Waals surface area contributed by atoms with Crippen molar-refractivity contribution in [3.63, 3.8) is 0 Å². The fourth-order valence-electron chi connectivity index (χ4n) is 1.78. The Kier molecular flexibility index (Phi) is 10.3. The molecule has 0 aromatic heterocycles. The Labute approximate surface area is 111 Å². The van der Waals surface area contributed by atoms with E-state index < -0.39 is 9.84 Å². The molecule has 17 heavy (non-hydrogen) atoms. The van der Waals surface area contributed by atoms with Gasteiger partial charge < -0.3 is 5.32 Å². The predicted octanol–water partition coefficient (Wildman–Crippen LogP) is 2.45. The Hall–Kier alpha value is 0.200. The highest BCUT2D eigenvalue weighted by molar-refractivity contribution is 7.91.